The molecule has 2 aliphatic heterocycles. The van der Waals surface area contributed by atoms with Crippen LogP contribution in [0.4, 0.5) is 17.6 Å². The number of fused-ring (bicyclic) bond motifs is 1. The van der Waals surface area contributed by atoms with Crippen molar-refractivity contribution in [1.29, 1.82) is 0 Å². The lowest BCUT2D eigenvalue weighted by atomic mass is 9.94. The molecule has 0 radical (unpaired) electrons. The van der Waals surface area contributed by atoms with Gasteiger partial charge in [-0.25, -0.2) is 8.78 Å². The molecule has 2 saturated heterocycles. The Hall–Kier alpha value is -0.850. The molecule has 2 heterocycles. The van der Waals surface area contributed by atoms with E-state index in [4.69, 9.17) is 0 Å². The molecule has 2 aliphatic rings. The summed E-state index contributed by atoms with van der Waals surface area (Å²) >= 11 is 0. The summed E-state index contributed by atoms with van der Waals surface area (Å²) in [5, 5.41) is 3.12. The SMILES string of the molecule is O=C(N1CC2CCCNC2C1)C(F)(F)C(F)F. The van der Waals surface area contributed by atoms with Gasteiger partial charge in [0.05, 0.1) is 0 Å². The highest BCUT2D eigenvalue weighted by Crippen LogP contribution is 2.31. The molecule has 0 saturated carbocycles. The first kappa shape index (κ1) is 12.6. The van der Waals surface area contributed by atoms with E-state index in [1.807, 2.05) is 0 Å². The average molecular weight is 254 g/mol. The van der Waals surface area contributed by atoms with Gasteiger partial charge in [0.25, 0.3) is 5.91 Å². The summed E-state index contributed by atoms with van der Waals surface area (Å²) in [6, 6.07) is -0.0267. The molecule has 0 bridgehead atoms. The van der Waals surface area contributed by atoms with Crippen molar-refractivity contribution < 1.29 is 22.4 Å². The lowest BCUT2D eigenvalue weighted by molar-refractivity contribution is -0.179. The molecule has 2 rings (SSSR count). The van der Waals surface area contributed by atoms with Gasteiger partial charge in [-0.15, -0.1) is 0 Å². The van der Waals surface area contributed by atoms with Crippen molar-refractivity contribution in [1.82, 2.24) is 10.2 Å². The van der Waals surface area contributed by atoms with Crippen molar-refractivity contribution in [2.75, 3.05) is 19.6 Å². The van der Waals surface area contributed by atoms with Crippen LogP contribution in [0.2, 0.25) is 0 Å². The number of carbonyl (C=O) groups is 1. The van der Waals surface area contributed by atoms with Crippen LogP contribution in [0.3, 0.4) is 0 Å². The second-order valence-electron chi connectivity index (χ2n) is 4.60. The van der Waals surface area contributed by atoms with Gasteiger partial charge in [0.1, 0.15) is 0 Å². The van der Waals surface area contributed by atoms with Gasteiger partial charge >= 0.3 is 12.3 Å². The van der Waals surface area contributed by atoms with E-state index >= 15 is 0 Å². The fraction of sp³-hybridized carbons (Fsp3) is 0.900. The first-order chi connectivity index (χ1) is 7.93. The van der Waals surface area contributed by atoms with Gasteiger partial charge in [-0.05, 0) is 25.3 Å². The minimum atomic E-state index is -4.56. The Morgan fingerprint density at radius 1 is 1.35 bits per heavy atom. The van der Waals surface area contributed by atoms with Crippen LogP contribution in [0.25, 0.3) is 0 Å². The number of nitrogens with one attached hydrogen (secondary N) is 1. The van der Waals surface area contributed by atoms with E-state index < -0.39 is 18.3 Å². The molecule has 98 valence electrons. The van der Waals surface area contributed by atoms with Crippen LogP contribution in [0.1, 0.15) is 12.8 Å². The lowest BCUT2D eigenvalue weighted by Crippen LogP contribution is -2.47. The maximum absolute atomic E-state index is 12.9. The molecule has 0 spiro atoms. The van der Waals surface area contributed by atoms with Gasteiger partial charge in [-0.3, -0.25) is 4.79 Å². The van der Waals surface area contributed by atoms with E-state index in [1.54, 1.807) is 0 Å². The summed E-state index contributed by atoms with van der Waals surface area (Å²) in [5.74, 6) is -6.20. The Labute approximate surface area is 96.1 Å². The number of halogens is 4. The fourth-order valence-corrected chi connectivity index (χ4v) is 2.52. The number of hydrogen-bond donors (Lipinski definition) is 1. The standard InChI is InChI=1S/C10H14F4N2O/c11-8(12)10(13,14)9(17)16-4-6-2-1-3-15-7(6)5-16/h6-8,15H,1-5H2. The van der Waals surface area contributed by atoms with Gasteiger partial charge in [0.2, 0.25) is 0 Å². The second kappa shape index (κ2) is 4.44. The molecule has 7 heteroatoms. The van der Waals surface area contributed by atoms with Crippen LogP contribution < -0.4 is 5.32 Å². The fourth-order valence-electron chi connectivity index (χ4n) is 2.52. The predicted octanol–water partition coefficient (Wildman–Crippen LogP) is 1.10. The van der Waals surface area contributed by atoms with E-state index in [0.717, 1.165) is 24.3 Å². The number of hydrogen-bond acceptors (Lipinski definition) is 2. The molecule has 2 fully saturated rings. The zero-order valence-corrected chi connectivity index (χ0v) is 9.13. The van der Waals surface area contributed by atoms with Gasteiger partial charge in [-0.2, -0.15) is 8.78 Å². The molecule has 2 unspecified atom stereocenters. The molecule has 1 N–H and O–H groups in total. The summed E-state index contributed by atoms with van der Waals surface area (Å²) in [7, 11) is 0. The van der Waals surface area contributed by atoms with E-state index in [2.05, 4.69) is 5.32 Å². The third-order valence-electron chi connectivity index (χ3n) is 3.45. The van der Waals surface area contributed by atoms with Crippen LogP contribution in [0.15, 0.2) is 0 Å². The summed E-state index contributed by atoms with van der Waals surface area (Å²) in [6.45, 7) is 1.04. The van der Waals surface area contributed by atoms with Gasteiger partial charge in [-0.1, -0.05) is 0 Å². The molecule has 0 aromatic heterocycles. The van der Waals surface area contributed by atoms with Gasteiger partial charge in [0.15, 0.2) is 0 Å². The van der Waals surface area contributed by atoms with Crippen LogP contribution in [-0.4, -0.2) is 48.8 Å². The Kier molecular flexibility index (Phi) is 3.29. The topological polar surface area (TPSA) is 32.3 Å². The predicted molar refractivity (Wildman–Crippen MR) is 52.0 cm³/mol. The quantitative estimate of drug-likeness (QED) is 0.748. The molecule has 0 aromatic rings. The largest absolute Gasteiger partial charge is 0.383 e. The van der Waals surface area contributed by atoms with Crippen molar-refractivity contribution >= 4 is 5.91 Å². The summed E-state index contributed by atoms with van der Waals surface area (Å²) < 4.78 is 50.0. The highest BCUT2D eigenvalue weighted by Gasteiger charge is 2.53. The first-order valence-electron chi connectivity index (χ1n) is 5.61. The maximum atomic E-state index is 12.9. The Bertz CT molecular complexity index is 297. The summed E-state index contributed by atoms with van der Waals surface area (Å²) in [5.41, 5.74) is 0. The minimum absolute atomic E-state index is 0.0267. The van der Waals surface area contributed by atoms with Gasteiger partial charge < -0.3 is 10.2 Å². The van der Waals surface area contributed by atoms with Crippen LogP contribution in [-0.2, 0) is 4.79 Å². The number of rotatable bonds is 2. The Morgan fingerprint density at radius 3 is 2.65 bits per heavy atom. The molecule has 2 atom stereocenters. The number of nitrogens with zero attached hydrogens (tertiary/aromatic N) is 1. The minimum Gasteiger partial charge on any atom is -0.335 e. The molecule has 1 amide bonds. The Balaban J connectivity index is 2.02. The summed E-state index contributed by atoms with van der Waals surface area (Å²) in [4.78, 5) is 12.2. The van der Waals surface area contributed by atoms with Crippen molar-refractivity contribution in [3.63, 3.8) is 0 Å². The van der Waals surface area contributed by atoms with Crippen molar-refractivity contribution in [3.8, 4) is 0 Å². The van der Waals surface area contributed by atoms with E-state index in [1.165, 1.54) is 0 Å². The number of carbonyl (C=O) groups excluding carboxylic acids is 1. The molecule has 0 aliphatic carbocycles. The molecule has 0 aromatic carbocycles. The van der Waals surface area contributed by atoms with Gasteiger partial charge in [0, 0.05) is 19.1 Å². The number of alkyl halides is 4. The number of amides is 1. The van der Waals surface area contributed by atoms with Crippen molar-refractivity contribution in [2.45, 2.75) is 31.2 Å². The molecular weight excluding hydrogens is 240 g/mol. The lowest BCUT2D eigenvalue weighted by Gasteiger charge is -2.24. The van der Waals surface area contributed by atoms with Crippen molar-refractivity contribution in [3.05, 3.63) is 0 Å². The normalized spacial score (nSPS) is 29.6. The van der Waals surface area contributed by atoms with Crippen LogP contribution in [0, 0.1) is 5.92 Å². The smallest absolute Gasteiger partial charge is 0.335 e. The zero-order chi connectivity index (χ0) is 12.6. The number of likely N-dealkylation sites (tertiary alicyclic amines) is 1. The number of piperidine rings is 1. The van der Waals surface area contributed by atoms with E-state index in [9.17, 15) is 22.4 Å². The monoisotopic (exact) mass is 254 g/mol. The maximum Gasteiger partial charge on any atom is 0.383 e. The Morgan fingerprint density at radius 2 is 2.06 bits per heavy atom. The van der Waals surface area contributed by atoms with Crippen LogP contribution >= 0.6 is 0 Å². The molecule has 3 nitrogen and oxygen atoms in total. The summed E-state index contributed by atoms with van der Waals surface area (Å²) in [6.07, 6.45) is -2.17. The second-order valence-corrected chi connectivity index (χ2v) is 4.60. The van der Waals surface area contributed by atoms with E-state index in [-0.39, 0.29) is 25.0 Å². The van der Waals surface area contributed by atoms with E-state index in [0.29, 0.717) is 0 Å². The molecule has 17 heavy (non-hydrogen) atoms. The van der Waals surface area contributed by atoms with Crippen molar-refractivity contribution in [2.24, 2.45) is 5.92 Å². The van der Waals surface area contributed by atoms with Crippen LogP contribution in [0.5, 0.6) is 0 Å². The average Bonchev–Trinajstić information content (AvgIpc) is 2.70. The third kappa shape index (κ3) is 2.25. The highest BCUT2D eigenvalue weighted by molar-refractivity contribution is 5.84. The molecular formula is C10H14F4N2O. The third-order valence-corrected chi connectivity index (χ3v) is 3.45. The first-order valence-corrected chi connectivity index (χ1v) is 5.61. The highest BCUT2D eigenvalue weighted by atomic mass is 19.3. The zero-order valence-electron chi connectivity index (χ0n) is 9.13.